The molecule has 0 aliphatic rings. The average molecular weight is 342 g/mol. The summed E-state index contributed by atoms with van der Waals surface area (Å²) in [6.45, 7) is 3.65. The van der Waals surface area contributed by atoms with Gasteiger partial charge in [0, 0.05) is 25.6 Å². The van der Waals surface area contributed by atoms with Crippen LogP contribution in [0, 0.1) is 0 Å². The SMILES string of the molecule is COc1ccc(C(C)N[C@H](CCO)c2ccccc2)cc1NC(C)=O. The van der Waals surface area contributed by atoms with E-state index in [-0.39, 0.29) is 24.6 Å². The molecule has 0 aliphatic heterocycles. The highest BCUT2D eigenvalue weighted by Crippen LogP contribution is 2.29. The third kappa shape index (κ3) is 5.31. The van der Waals surface area contributed by atoms with Crippen molar-refractivity contribution >= 4 is 11.6 Å². The van der Waals surface area contributed by atoms with Crippen molar-refractivity contribution in [3.05, 3.63) is 59.7 Å². The molecule has 0 aromatic heterocycles. The van der Waals surface area contributed by atoms with Gasteiger partial charge in [-0.2, -0.15) is 0 Å². The number of carbonyl (C=O) groups excluding carboxylic acids is 1. The van der Waals surface area contributed by atoms with Crippen LogP contribution < -0.4 is 15.4 Å². The number of aliphatic hydroxyl groups excluding tert-OH is 1. The molecular weight excluding hydrogens is 316 g/mol. The van der Waals surface area contributed by atoms with Gasteiger partial charge in [0.25, 0.3) is 0 Å². The molecule has 0 fully saturated rings. The Morgan fingerprint density at radius 2 is 1.88 bits per heavy atom. The first-order valence-electron chi connectivity index (χ1n) is 8.42. The molecule has 0 saturated heterocycles. The maximum atomic E-state index is 11.4. The summed E-state index contributed by atoms with van der Waals surface area (Å²) in [4.78, 5) is 11.4. The zero-order valence-corrected chi connectivity index (χ0v) is 15.0. The van der Waals surface area contributed by atoms with Gasteiger partial charge in [-0.25, -0.2) is 0 Å². The minimum atomic E-state index is -0.140. The molecule has 1 unspecified atom stereocenters. The summed E-state index contributed by atoms with van der Waals surface area (Å²) in [7, 11) is 1.58. The van der Waals surface area contributed by atoms with Crippen molar-refractivity contribution in [1.82, 2.24) is 5.32 Å². The van der Waals surface area contributed by atoms with E-state index in [2.05, 4.69) is 29.7 Å². The minimum Gasteiger partial charge on any atom is -0.495 e. The van der Waals surface area contributed by atoms with E-state index < -0.39 is 0 Å². The molecule has 5 heteroatoms. The Morgan fingerprint density at radius 3 is 2.48 bits per heavy atom. The number of amides is 1. The number of aliphatic hydroxyl groups is 1. The number of hydrogen-bond acceptors (Lipinski definition) is 4. The smallest absolute Gasteiger partial charge is 0.221 e. The van der Waals surface area contributed by atoms with E-state index in [4.69, 9.17) is 4.74 Å². The number of carbonyl (C=O) groups is 1. The van der Waals surface area contributed by atoms with Crippen molar-refractivity contribution in [2.75, 3.05) is 19.0 Å². The van der Waals surface area contributed by atoms with E-state index in [9.17, 15) is 9.90 Å². The molecular formula is C20H26N2O3. The number of anilines is 1. The highest BCUT2D eigenvalue weighted by molar-refractivity contribution is 5.90. The number of ether oxygens (including phenoxy) is 1. The van der Waals surface area contributed by atoms with E-state index >= 15 is 0 Å². The maximum absolute atomic E-state index is 11.4. The highest BCUT2D eigenvalue weighted by Gasteiger charge is 2.16. The first-order valence-corrected chi connectivity index (χ1v) is 8.42. The molecule has 134 valence electrons. The summed E-state index contributed by atoms with van der Waals surface area (Å²) in [5.74, 6) is 0.486. The molecule has 2 atom stereocenters. The number of methoxy groups -OCH3 is 1. The van der Waals surface area contributed by atoms with Crippen molar-refractivity contribution in [3.8, 4) is 5.75 Å². The first-order chi connectivity index (χ1) is 12.0. The predicted molar refractivity (Wildman–Crippen MR) is 99.7 cm³/mol. The largest absolute Gasteiger partial charge is 0.495 e. The Balaban J connectivity index is 2.20. The Bertz CT molecular complexity index is 689. The molecule has 5 nitrogen and oxygen atoms in total. The Hall–Kier alpha value is -2.37. The van der Waals surface area contributed by atoms with Crippen LogP contribution >= 0.6 is 0 Å². The van der Waals surface area contributed by atoms with Gasteiger partial charge in [-0.15, -0.1) is 0 Å². The second kappa shape index (κ2) is 9.20. The number of benzene rings is 2. The lowest BCUT2D eigenvalue weighted by Crippen LogP contribution is -2.25. The van der Waals surface area contributed by atoms with Crippen molar-refractivity contribution in [1.29, 1.82) is 0 Å². The summed E-state index contributed by atoms with van der Waals surface area (Å²) in [5.41, 5.74) is 2.82. The van der Waals surface area contributed by atoms with E-state index in [0.717, 1.165) is 11.1 Å². The molecule has 0 bridgehead atoms. The fraction of sp³-hybridized carbons (Fsp3) is 0.350. The van der Waals surface area contributed by atoms with Crippen molar-refractivity contribution in [2.45, 2.75) is 32.4 Å². The van der Waals surface area contributed by atoms with E-state index in [1.165, 1.54) is 6.92 Å². The van der Waals surface area contributed by atoms with Crippen LogP contribution in [0.3, 0.4) is 0 Å². The molecule has 0 saturated carbocycles. The molecule has 0 aliphatic carbocycles. The van der Waals surface area contributed by atoms with Gasteiger partial charge in [-0.05, 0) is 36.6 Å². The van der Waals surface area contributed by atoms with Crippen molar-refractivity contribution < 1.29 is 14.6 Å². The van der Waals surface area contributed by atoms with Crippen LogP contribution in [0.4, 0.5) is 5.69 Å². The third-order valence-electron chi connectivity index (χ3n) is 4.11. The zero-order chi connectivity index (χ0) is 18.2. The number of hydrogen-bond donors (Lipinski definition) is 3. The van der Waals surface area contributed by atoms with Crippen LogP contribution in [0.25, 0.3) is 0 Å². The van der Waals surface area contributed by atoms with Gasteiger partial charge in [-0.1, -0.05) is 36.4 Å². The minimum absolute atomic E-state index is 0.0372. The molecule has 1 amide bonds. The van der Waals surface area contributed by atoms with Crippen LogP contribution in [0.15, 0.2) is 48.5 Å². The van der Waals surface area contributed by atoms with Crippen LogP contribution in [0.1, 0.15) is 43.5 Å². The van der Waals surface area contributed by atoms with Gasteiger partial charge in [0.2, 0.25) is 5.91 Å². The normalized spacial score (nSPS) is 13.1. The summed E-state index contributed by atoms with van der Waals surface area (Å²) >= 11 is 0. The summed E-state index contributed by atoms with van der Waals surface area (Å²) in [6.07, 6.45) is 0.628. The Kier molecular flexibility index (Phi) is 6.98. The molecule has 0 spiro atoms. The standard InChI is InChI=1S/C20H26N2O3/c1-14(21-18(11-12-23)16-7-5-4-6-8-16)17-9-10-20(25-3)19(13-17)22-15(2)24/h4-10,13-14,18,21,23H,11-12H2,1-3H3,(H,22,24)/t14?,18-/m1/s1. The lowest BCUT2D eigenvalue weighted by atomic mass is 10.0. The van der Waals surface area contributed by atoms with Crippen LogP contribution in [-0.2, 0) is 4.79 Å². The summed E-state index contributed by atoms with van der Waals surface area (Å²) in [5, 5.41) is 15.7. The van der Waals surface area contributed by atoms with Gasteiger partial charge in [0.05, 0.1) is 12.8 Å². The fourth-order valence-corrected chi connectivity index (χ4v) is 2.84. The first kappa shape index (κ1) is 19.0. The van der Waals surface area contributed by atoms with Crippen molar-refractivity contribution in [2.24, 2.45) is 0 Å². The van der Waals surface area contributed by atoms with E-state index in [1.807, 2.05) is 36.4 Å². The van der Waals surface area contributed by atoms with Gasteiger partial charge < -0.3 is 20.5 Å². The predicted octanol–water partition coefficient (Wildman–Crippen LogP) is 3.43. The second-order valence-corrected chi connectivity index (χ2v) is 6.00. The van der Waals surface area contributed by atoms with Crippen molar-refractivity contribution in [3.63, 3.8) is 0 Å². The molecule has 2 aromatic carbocycles. The molecule has 3 N–H and O–H groups in total. The lowest BCUT2D eigenvalue weighted by Gasteiger charge is -2.24. The summed E-state index contributed by atoms with van der Waals surface area (Å²) in [6, 6.07) is 15.9. The zero-order valence-electron chi connectivity index (χ0n) is 15.0. The molecule has 0 radical (unpaired) electrons. The van der Waals surface area contributed by atoms with Gasteiger partial charge >= 0.3 is 0 Å². The molecule has 0 heterocycles. The number of rotatable bonds is 8. The average Bonchev–Trinajstić information content (AvgIpc) is 2.61. The monoisotopic (exact) mass is 342 g/mol. The maximum Gasteiger partial charge on any atom is 0.221 e. The highest BCUT2D eigenvalue weighted by atomic mass is 16.5. The van der Waals surface area contributed by atoms with Gasteiger partial charge in [0.1, 0.15) is 5.75 Å². The van der Waals surface area contributed by atoms with Crippen LogP contribution in [0.5, 0.6) is 5.75 Å². The topological polar surface area (TPSA) is 70.6 Å². The fourth-order valence-electron chi connectivity index (χ4n) is 2.84. The van der Waals surface area contributed by atoms with Gasteiger partial charge in [0.15, 0.2) is 0 Å². The van der Waals surface area contributed by atoms with Gasteiger partial charge in [-0.3, -0.25) is 4.79 Å². The quantitative estimate of drug-likeness (QED) is 0.687. The molecule has 25 heavy (non-hydrogen) atoms. The third-order valence-corrected chi connectivity index (χ3v) is 4.11. The Labute approximate surface area is 149 Å². The van der Waals surface area contributed by atoms with Crippen LogP contribution in [-0.4, -0.2) is 24.7 Å². The molecule has 2 rings (SSSR count). The second-order valence-electron chi connectivity index (χ2n) is 6.00. The number of nitrogens with one attached hydrogen (secondary N) is 2. The lowest BCUT2D eigenvalue weighted by molar-refractivity contribution is -0.114. The van der Waals surface area contributed by atoms with Crippen LogP contribution in [0.2, 0.25) is 0 Å². The Morgan fingerprint density at radius 1 is 1.16 bits per heavy atom. The van der Waals surface area contributed by atoms with E-state index in [1.54, 1.807) is 7.11 Å². The molecule has 2 aromatic rings. The van der Waals surface area contributed by atoms with E-state index in [0.29, 0.717) is 17.9 Å². The summed E-state index contributed by atoms with van der Waals surface area (Å²) < 4.78 is 5.30.